The van der Waals surface area contributed by atoms with Gasteiger partial charge in [0.25, 0.3) is 0 Å². The van der Waals surface area contributed by atoms with Gasteiger partial charge in [0, 0.05) is 6.04 Å². The summed E-state index contributed by atoms with van der Waals surface area (Å²) in [6, 6.07) is 2.30. The van der Waals surface area contributed by atoms with Crippen LogP contribution in [0, 0.1) is 29.1 Å². The van der Waals surface area contributed by atoms with Crippen molar-refractivity contribution in [1.29, 1.82) is 5.26 Å². The maximum absolute atomic E-state index is 11.9. The highest BCUT2D eigenvalue weighted by molar-refractivity contribution is 5.81. The molecule has 1 fully saturated rings. The number of rotatable bonds is 4. The van der Waals surface area contributed by atoms with Gasteiger partial charge in [0.05, 0.1) is 6.07 Å². The molecule has 1 N–H and O–H groups in total. The van der Waals surface area contributed by atoms with Crippen LogP contribution in [0.3, 0.4) is 0 Å². The molecule has 3 nitrogen and oxygen atoms in total. The van der Waals surface area contributed by atoms with Crippen molar-refractivity contribution >= 4 is 5.91 Å². The molecule has 1 aliphatic rings. The van der Waals surface area contributed by atoms with Gasteiger partial charge in [-0.1, -0.05) is 33.1 Å². The Bertz CT molecular complexity index is 287. The minimum absolute atomic E-state index is 0.0820. The van der Waals surface area contributed by atoms with Crippen molar-refractivity contribution in [3.63, 3.8) is 0 Å². The predicted molar refractivity (Wildman–Crippen MR) is 68.1 cm³/mol. The quantitative estimate of drug-likeness (QED) is 0.816. The Labute approximate surface area is 105 Å². The third-order valence-corrected chi connectivity index (χ3v) is 3.82. The van der Waals surface area contributed by atoms with Gasteiger partial charge >= 0.3 is 0 Å². The third kappa shape index (κ3) is 4.03. The molecule has 2 unspecified atom stereocenters. The van der Waals surface area contributed by atoms with Crippen molar-refractivity contribution in [3.8, 4) is 6.07 Å². The maximum atomic E-state index is 11.9. The first kappa shape index (κ1) is 14.0. The number of nitrogens with one attached hydrogen (secondary N) is 1. The van der Waals surface area contributed by atoms with Gasteiger partial charge in [-0.05, 0) is 31.6 Å². The van der Waals surface area contributed by atoms with Crippen LogP contribution in [-0.2, 0) is 4.79 Å². The summed E-state index contributed by atoms with van der Waals surface area (Å²) in [5.41, 5.74) is 0. The van der Waals surface area contributed by atoms with Crippen molar-refractivity contribution in [2.75, 3.05) is 0 Å². The van der Waals surface area contributed by atoms with Gasteiger partial charge in [0.2, 0.25) is 5.91 Å². The molecule has 0 saturated heterocycles. The van der Waals surface area contributed by atoms with E-state index < -0.39 is 5.92 Å². The second kappa shape index (κ2) is 6.64. The number of nitriles is 1. The van der Waals surface area contributed by atoms with Gasteiger partial charge in [-0.3, -0.25) is 4.79 Å². The molecule has 2 atom stereocenters. The fraction of sp³-hybridized carbons (Fsp3) is 0.857. The van der Waals surface area contributed by atoms with Crippen LogP contribution in [0.2, 0.25) is 0 Å². The van der Waals surface area contributed by atoms with Crippen LogP contribution in [0.5, 0.6) is 0 Å². The lowest BCUT2D eigenvalue weighted by Crippen LogP contribution is -2.42. The summed E-state index contributed by atoms with van der Waals surface area (Å²) in [6.07, 6.45) is 6.29. The van der Waals surface area contributed by atoms with Gasteiger partial charge in [-0.2, -0.15) is 5.26 Å². The molecule has 0 spiro atoms. The third-order valence-electron chi connectivity index (χ3n) is 3.82. The summed E-state index contributed by atoms with van der Waals surface area (Å²) >= 11 is 0. The number of carbonyl (C=O) groups excluding carboxylic acids is 1. The highest BCUT2D eigenvalue weighted by atomic mass is 16.1. The molecule has 0 aromatic carbocycles. The number of hydrogen-bond donors (Lipinski definition) is 1. The second-order valence-electron chi connectivity index (χ2n) is 5.55. The van der Waals surface area contributed by atoms with Crippen molar-refractivity contribution in [3.05, 3.63) is 0 Å². The Morgan fingerprint density at radius 3 is 2.29 bits per heavy atom. The van der Waals surface area contributed by atoms with Gasteiger partial charge in [-0.15, -0.1) is 0 Å². The average molecular weight is 236 g/mol. The first-order valence-electron chi connectivity index (χ1n) is 6.76. The molecular weight excluding hydrogens is 212 g/mol. The lowest BCUT2D eigenvalue weighted by Gasteiger charge is -2.29. The van der Waals surface area contributed by atoms with Crippen LogP contribution in [0.4, 0.5) is 0 Å². The second-order valence-corrected chi connectivity index (χ2v) is 5.55. The van der Waals surface area contributed by atoms with Crippen LogP contribution < -0.4 is 5.32 Å². The Morgan fingerprint density at radius 1 is 1.24 bits per heavy atom. The van der Waals surface area contributed by atoms with E-state index in [2.05, 4.69) is 18.3 Å². The summed E-state index contributed by atoms with van der Waals surface area (Å²) in [5.74, 6) is 0.0689. The average Bonchev–Trinajstić information content (AvgIpc) is 2.30. The summed E-state index contributed by atoms with van der Waals surface area (Å²) in [7, 11) is 0. The molecule has 0 radical (unpaired) electrons. The van der Waals surface area contributed by atoms with Crippen LogP contribution in [0.1, 0.15) is 52.9 Å². The molecule has 0 aliphatic heterocycles. The monoisotopic (exact) mass is 236 g/mol. The molecule has 0 bridgehead atoms. The normalized spacial score (nSPS) is 20.6. The molecule has 17 heavy (non-hydrogen) atoms. The molecule has 0 aromatic rings. The summed E-state index contributed by atoms with van der Waals surface area (Å²) < 4.78 is 0. The van der Waals surface area contributed by atoms with Crippen molar-refractivity contribution in [2.45, 2.75) is 58.9 Å². The summed E-state index contributed by atoms with van der Waals surface area (Å²) in [6.45, 7) is 5.90. The van der Waals surface area contributed by atoms with E-state index in [0.29, 0.717) is 5.92 Å². The Kier molecular flexibility index (Phi) is 5.47. The molecule has 0 heterocycles. The first-order chi connectivity index (χ1) is 8.06. The number of carbonyl (C=O) groups is 1. The topological polar surface area (TPSA) is 52.9 Å². The van der Waals surface area contributed by atoms with Crippen LogP contribution in [0.25, 0.3) is 0 Å². The fourth-order valence-corrected chi connectivity index (χ4v) is 2.58. The fourth-order valence-electron chi connectivity index (χ4n) is 2.58. The zero-order valence-corrected chi connectivity index (χ0v) is 11.2. The van der Waals surface area contributed by atoms with E-state index in [1.807, 2.05) is 13.8 Å². The smallest absolute Gasteiger partial charge is 0.237 e. The van der Waals surface area contributed by atoms with Crippen molar-refractivity contribution in [2.24, 2.45) is 17.8 Å². The zero-order valence-electron chi connectivity index (χ0n) is 11.2. The number of nitrogens with zero attached hydrogens (tertiary/aromatic N) is 1. The Balaban J connectivity index is 2.47. The van der Waals surface area contributed by atoms with E-state index in [9.17, 15) is 4.79 Å². The van der Waals surface area contributed by atoms with E-state index in [1.54, 1.807) is 0 Å². The minimum atomic E-state index is -0.513. The highest BCUT2D eigenvalue weighted by Gasteiger charge is 2.26. The first-order valence-corrected chi connectivity index (χ1v) is 6.76. The van der Waals surface area contributed by atoms with Gasteiger partial charge < -0.3 is 5.32 Å². The molecule has 96 valence electrons. The predicted octanol–water partition coefficient (Wildman–Crippen LogP) is 2.87. The highest BCUT2D eigenvalue weighted by Crippen LogP contribution is 2.26. The SMILES string of the molecule is CC(C)C(C#N)C(=O)NC(C)C1CCCCC1. The molecule has 0 aromatic heterocycles. The zero-order chi connectivity index (χ0) is 12.8. The standard InChI is InChI=1S/C14H24N2O/c1-10(2)13(9-15)14(17)16-11(3)12-7-5-4-6-8-12/h10-13H,4-8H2,1-3H3,(H,16,17). The molecule has 1 aliphatic carbocycles. The van der Waals surface area contributed by atoms with Crippen LogP contribution in [0.15, 0.2) is 0 Å². The van der Waals surface area contributed by atoms with Crippen molar-refractivity contribution in [1.82, 2.24) is 5.32 Å². The van der Waals surface area contributed by atoms with E-state index in [-0.39, 0.29) is 17.9 Å². The largest absolute Gasteiger partial charge is 0.352 e. The van der Waals surface area contributed by atoms with Gasteiger partial charge in [-0.25, -0.2) is 0 Å². The van der Waals surface area contributed by atoms with E-state index in [1.165, 1.54) is 32.1 Å². The Hall–Kier alpha value is -1.04. The Morgan fingerprint density at radius 2 is 1.82 bits per heavy atom. The maximum Gasteiger partial charge on any atom is 0.237 e. The van der Waals surface area contributed by atoms with Crippen LogP contribution in [-0.4, -0.2) is 11.9 Å². The van der Waals surface area contributed by atoms with Crippen molar-refractivity contribution < 1.29 is 4.79 Å². The minimum Gasteiger partial charge on any atom is -0.352 e. The lowest BCUT2D eigenvalue weighted by atomic mass is 9.84. The van der Waals surface area contributed by atoms with E-state index in [4.69, 9.17) is 5.26 Å². The number of amides is 1. The van der Waals surface area contributed by atoms with Gasteiger partial charge in [0.1, 0.15) is 5.92 Å². The molecule has 1 rings (SSSR count). The lowest BCUT2D eigenvalue weighted by molar-refractivity contribution is -0.125. The van der Waals surface area contributed by atoms with E-state index in [0.717, 1.165) is 0 Å². The molecule has 1 saturated carbocycles. The number of hydrogen-bond acceptors (Lipinski definition) is 2. The molecule has 3 heteroatoms. The van der Waals surface area contributed by atoms with Gasteiger partial charge in [0.15, 0.2) is 0 Å². The van der Waals surface area contributed by atoms with E-state index >= 15 is 0 Å². The summed E-state index contributed by atoms with van der Waals surface area (Å²) in [4.78, 5) is 11.9. The molecule has 1 amide bonds. The van der Waals surface area contributed by atoms with Crippen LogP contribution >= 0.6 is 0 Å². The molecular formula is C14H24N2O. The summed E-state index contributed by atoms with van der Waals surface area (Å²) in [5, 5.41) is 12.0.